The monoisotopic (exact) mass is 166 g/mol. The van der Waals surface area contributed by atoms with Gasteiger partial charge in [-0.25, -0.2) is 0 Å². The van der Waals surface area contributed by atoms with Crippen LogP contribution in [0, 0.1) is 0 Å². The summed E-state index contributed by atoms with van der Waals surface area (Å²) in [4.78, 5) is 8.33. The average Bonchev–Trinajstić information content (AvgIpc) is 0.811. The average molecular weight is 167 g/mol. The minimum Gasteiger partial charge on any atom is -2.00 e. The van der Waals surface area contributed by atoms with Crippen molar-refractivity contribution in [2.24, 2.45) is 0 Å². The van der Waals surface area contributed by atoms with E-state index in [0.717, 1.165) is 0 Å². The van der Waals surface area contributed by atoms with Crippen LogP contribution in [0.15, 0.2) is 0 Å². The zero-order valence-electron chi connectivity index (χ0n) is 2.63. The molecule has 5 heteroatoms. The Morgan fingerprint density at radius 1 is 1.33 bits per heavy atom. The SMILES string of the molecule is O=C([O-])[O-].[O-2].[Zr+4]. The fourth-order valence-corrected chi connectivity index (χ4v) is 0. The molecular weight excluding hydrogens is 167 g/mol. The zero-order valence-corrected chi connectivity index (χ0v) is 5.09. The second kappa shape index (κ2) is 8.93. The normalized spacial score (nSPS) is 4.00. The van der Waals surface area contributed by atoms with Crippen LogP contribution in [0.2, 0.25) is 0 Å². The van der Waals surface area contributed by atoms with Crippen LogP contribution < -0.4 is 10.2 Å². The van der Waals surface area contributed by atoms with Crippen molar-refractivity contribution in [2.75, 3.05) is 0 Å². The Labute approximate surface area is 53.2 Å². The van der Waals surface area contributed by atoms with Crippen LogP contribution in [0.3, 0.4) is 0 Å². The fourth-order valence-electron chi connectivity index (χ4n) is 0. The minimum absolute atomic E-state index is 0. The summed E-state index contributed by atoms with van der Waals surface area (Å²) in [5.41, 5.74) is 0. The van der Waals surface area contributed by atoms with Gasteiger partial charge in [-0.05, 0) is 6.16 Å². The molecule has 0 saturated heterocycles. The fraction of sp³-hybridized carbons (Fsp3) is 0. The van der Waals surface area contributed by atoms with Crippen LogP contribution in [-0.2, 0) is 31.7 Å². The van der Waals surface area contributed by atoms with E-state index in [1.165, 1.54) is 0 Å². The molecule has 0 aliphatic carbocycles. The van der Waals surface area contributed by atoms with E-state index in [1.54, 1.807) is 0 Å². The smallest absolute Gasteiger partial charge is 2.00 e. The predicted octanol–water partition coefficient (Wildman–Crippen LogP) is -2.57. The summed E-state index contributed by atoms with van der Waals surface area (Å²) in [6, 6.07) is 0. The number of carboxylic acid groups (broad SMARTS) is 2. The van der Waals surface area contributed by atoms with Gasteiger partial charge in [0.15, 0.2) is 0 Å². The first-order chi connectivity index (χ1) is 1.73. The molecule has 0 aromatic heterocycles. The standard InChI is InChI=1S/CH2O3.O.Zr/c2-1(3)4;;/h(H2,2,3,4);;/q;-2;+4/p-2. The Hall–Kier alpha value is 0.113. The quantitative estimate of drug-likeness (QED) is 0.397. The van der Waals surface area contributed by atoms with E-state index in [-0.39, 0.29) is 31.7 Å². The van der Waals surface area contributed by atoms with Gasteiger partial charge in [-0.15, -0.1) is 0 Å². The van der Waals surface area contributed by atoms with E-state index >= 15 is 0 Å². The van der Waals surface area contributed by atoms with Crippen LogP contribution in [0.25, 0.3) is 0 Å². The molecule has 0 aliphatic heterocycles. The van der Waals surface area contributed by atoms with Crippen molar-refractivity contribution in [1.82, 2.24) is 0 Å². The molecule has 32 valence electrons. The van der Waals surface area contributed by atoms with Crippen molar-refractivity contribution in [3.05, 3.63) is 0 Å². The van der Waals surface area contributed by atoms with Gasteiger partial charge < -0.3 is 20.5 Å². The van der Waals surface area contributed by atoms with Gasteiger partial charge in [0, 0.05) is 0 Å². The van der Waals surface area contributed by atoms with E-state index in [2.05, 4.69) is 0 Å². The molecule has 0 bridgehead atoms. The maximum atomic E-state index is 8.33. The van der Waals surface area contributed by atoms with Gasteiger partial charge in [-0.3, -0.25) is 0 Å². The molecule has 0 heterocycles. The summed E-state index contributed by atoms with van der Waals surface area (Å²) in [5, 5.41) is 16.7. The first kappa shape index (κ1) is 16.5. The van der Waals surface area contributed by atoms with Crippen molar-refractivity contribution in [3.63, 3.8) is 0 Å². The number of carbonyl (C=O) groups is 1. The third-order valence-electron chi connectivity index (χ3n) is 0. The number of carbonyl (C=O) groups excluding carboxylic acids is 1. The summed E-state index contributed by atoms with van der Waals surface area (Å²) in [5.74, 6) is 0. The van der Waals surface area contributed by atoms with E-state index in [9.17, 15) is 0 Å². The van der Waals surface area contributed by atoms with E-state index < -0.39 is 6.16 Å². The van der Waals surface area contributed by atoms with Crippen LogP contribution in [0.5, 0.6) is 0 Å². The number of hydrogen-bond acceptors (Lipinski definition) is 3. The van der Waals surface area contributed by atoms with E-state index in [1.807, 2.05) is 0 Å². The molecule has 0 aliphatic rings. The summed E-state index contributed by atoms with van der Waals surface area (Å²) in [6.07, 6.45) is -2.33. The Balaban J connectivity index is -0.0000000450. The van der Waals surface area contributed by atoms with Gasteiger partial charge in [-0.2, -0.15) is 0 Å². The maximum Gasteiger partial charge on any atom is 4.00 e. The van der Waals surface area contributed by atoms with Gasteiger partial charge in [0.25, 0.3) is 0 Å². The third kappa shape index (κ3) is 3120. The largest absolute Gasteiger partial charge is 4.00 e. The van der Waals surface area contributed by atoms with Crippen LogP contribution >= 0.6 is 0 Å². The first-order valence-corrected chi connectivity index (χ1v) is 0.612. The molecule has 0 spiro atoms. The summed E-state index contributed by atoms with van der Waals surface area (Å²) < 4.78 is 0. The van der Waals surface area contributed by atoms with E-state index in [4.69, 9.17) is 15.0 Å². The molecule has 6 heavy (non-hydrogen) atoms. The van der Waals surface area contributed by atoms with Crippen LogP contribution in [0.1, 0.15) is 0 Å². The molecule has 0 rings (SSSR count). The van der Waals surface area contributed by atoms with Crippen molar-refractivity contribution >= 4 is 6.16 Å². The zero-order chi connectivity index (χ0) is 3.58. The van der Waals surface area contributed by atoms with Crippen molar-refractivity contribution in [2.45, 2.75) is 0 Å². The second-order valence-electron chi connectivity index (χ2n) is 0.250. The molecule has 4 nitrogen and oxygen atoms in total. The van der Waals surface area contributed by atoms with Gasteiger partial charge in [0.05, 0.1) is 0 Å². The first-order valence-electron chi connectivity index (χ1n) is 0.612. The van der Waals surface area contributed by atoms with Gasteiger partial charge in [0.1, 0.15) is 0 Å². The van der Waals surface area contributed by atoms with Crippen molar-refractivity contribution < 1.29 is 46.7 Å². The van der Waals surface area contributed by atoms with Crippen LogP contribution in [0.4, 0.5) is 4.79 Å². The van der Waals surface area contributed by atoms with Gasteiger partial charge >= 0.3 is 26.2 Å². The number of rotatable bonds is 0. The molecule has 0 radical (unpaired) electrons. The van der Waals surface area contributed by atoms with Gasteiger partial charge in [0.2, 0.25) is 0 Å². The molecule has 0 unspecified atom stereocenters. The molecule has 0 aromatic carbocycles. The van der Waals surface area contributed by atoms with E-state index in [0.29, 0.717) is 0 Å². The molecule has 0 fully saturated rings. The predicted molar refractivity (Wildman–Crippen MR) is 6.08 cm³/mol. The molecule has 0 aromatic rings. The summed E-state index contributed by atoms with van der Waals surface area (Å²) >= 11 is 0. The Morgan fingerprint density at radius 2 is 1.33 bits per heavy atom. The summed E-state index contributed by atoms with van der Waals surface area (Å²) in [7, 11) is 0. The molecule has 0 N–H and O–H groups in total. The molecule has 0 atom stereocenters. The summed E-state index contributed by atoms with van der Waals surface area (Å²) in [6.45, 7) is 0. The third-order valence-corrected chi connectivity index (χ3v) is 0. The molecule has 0 amide bonds. The Morgan fingerprint density at radius 3 is 1.33 bits per heavy atom. The minimum atomic E-state index is -2.33. The second-order valence-corrected chi connectivity index (χ2v) is 0.250. The number of hydrogen-bond donors (Lipinski definition) is 0. The van der Waals surface area contributed by atoms with Crippen molar-refractivity contribution in [1.29, 1.82) is 0 Å². The topological polar surface area (TPSA) is 91.7 Å². The Bertz CT molecular complexity index is 30.5. The molecule has 0 saturated carbocycles. The Kier molecular flexibility index (Phi) is 24.5. The van der Waals surface area contributed by atoms with Crippen LogP contribution in [-0.4, -0.2) is 6.16 Å². The van der Waals surface area contributed by atoms with Crippen molar-refractivity contribution in [3.8, 4) is 0 Å². The maximum absolute atomic E-state index is 8.33. The molecular formula is CO4Zr. The van der Waals surface area contributed by atoms with Gasteiger partial charge in [-0.1, -0.05) is 0 Å².